The van der Waals surface area contributed by atoms with Crippen molar-refractivity contribution in [1.29, 1.82) is 5.26 Å². The standard InChI is InChI=1S/C6H5N3O.C2H6/c7-1-5-2-9-6(4-10)3-8-5;1-2/h2-3,10H,4H2;1-2H3. The molecule has 1 heterocycles. The number of nitrogens with zero attached hydrogens (tertiary/aromatic N) is 3. The van der Waals surface area contributed by atoms with Crippen molar-refractivity contribution in [2.75, 3.05) is 0 Å². The maximum atomic E-state index is 8.52. The van der Waals surface area contributed by atoms with Gasteiger partial charge in [0.2, 0.25) is 0 Å². The second kappa shape index (κ2) is 6.25. The third-order valence-electron chi connectivity index (χ3n) is 0.982. The smallest absolute Gasteiger partial charge is 0.158 e. The van der Waals surface area contributed by atoms with Crippen molar-refractivity contribution < 1.29 is 5.11 Å². The van der Waals surface area contributed by atoms with Gasteiger partial charge in [-0.1, -0.05) is 13.8 Å². The average Bonchev–Trinajstić information content (AvgIpc) is 2.21. The lowest BCUT2D eigenvalue weighted by Crippen LogP contribution is -1.91. The molecule has 4 nitrogen and oxygen atoms in total. The fourth-order valence-corrected chi connectivity index (χ4v) is 0.494. The first-order valence-corrected chi connectivity index (χ1v) is 3.68. The Hall–Kier alpha value is -1.47. The van der Waals surface area contributed by atoms with Gasteiger partial charge >= 0.3 is 0 Å². The van der Waals surface area contributed by atoms with Crippen LogP contribution in [0.25, 0.3) is 0 Å². The number of aliphatic hydroxyl groups is 1. The van der Waals surface area contributed by atoms with E-state index in [1.54, 1.807) is 0 Å². The number of aromatic nitrogens is 2. The van der Waals surface area contributed by atoms with Crippen LogP contribution < -0.4 is 0 Å². The molecule has 0 unspecified atom stereocenters. The summed E-state index contributed by atoms with van der Waals surface area (Å²) in [7, 11) is 0. The molecule has 4 heteroatoms. The van der Waals surface area contributed by atoms with E-state index >= 15 is 0 Å². The Kier molecular flexibility index (Phi) is 5.49. The van der Waals surface area contributed by atoms with E-state index in [4.69, 9.17) is 10.4 Å². The lowest BCUT2D eigenvalue weighted by atomic mass is 10.4. The lowest BCUT2D eigenvalue weighted by Gasteiger charge is -1.90. The first-order chi connectivity index (χ1) is 5.86. The number of hydrogen-bond donors (Lipinski definition) is 1. The SMILES string of the molecule is CC.N#Cc1cnc(CO)cn1. The average molecular weight is 165 g/mol. The molecule has 1 N–H and O–H groups in total. The van der Waals surface area contributed by atoms with E-state index in [0.29, 0.717) is 5.69 Å². The lowest BCUT2D eigenvalue weighted by molar-refractivity contribution is 0.276. The molecule has 0 atom stereocenters. The molecule has 0 fully saturated rings. The minimum atomic E-state index is -0.140. The van der Waals surface area contributed by atoms with Crippen LogP contribution >= 0.6 is 0 Å². The first kappa shape index (κ1) is 10.5. The van der Waals surface area contributed by atoms with Crippen LogP contribution in [0.5, 0.6) is 0 Å². The van der Waals surface area contributed by atoms with Gasteiger partial charge in [0.15, 0.2) is 5.69 Å². The number of aliphatic hydroxyl groups excluding tert-OH is 1. The van der Waals surface area contributed by atoms with Crippen LogP contribution in [0.4, 0.5) is 0 Å². The van der Waals surface area contributed by atoms with Gasteiger partial charge in [-0.3, -0.25) is 4.98 Å². The highest BCUT2D eigenvalue weighted by molar-refractivity contribution is 5.15. The maximum absolute atomic E-state index is 8.52. The molecule has 0 aliphatic carbocycles. The molecule has 0 bridgehead atoms. The highest BCUT2D eigenvalue weighted by atomic mass is 16.3. The van der Waals surface area contributed by atoms with Gasteiger partial charge < -0.3 is 5.11 Å². The minimum absolute atomic E-state index is 0.140. The molecule has 1 aromatic heterocycles. The van der Waals surface area contributed by atoms with Gasteiger partial charge in [-0.05, 0) is 0 Å². The summed E-state index contributed by atoms with van der Waals surface area (Å²) in [6.07, 6.45) is 2.70. The van der Waals surface area contributed by atoms with Crippen LogP contribution in [0.1, 0.15) is 25.2 Å². The van der Waals surface area contributed by atoms with Crippen molar-refractivity contribution in [1.82, 2.24) is 9.97 Å². The van der Waals surface area contributed by atoms with E-state index in [2.05, 4.69) is 9.97 Å². The van der Waals surface area contributed by atoms with Crippen LogP contribution in [0.2, 0.25) is 0 Å². The largest absolute Gasteiger partial charge is 0.390 e. The quantitative estimate of drug-likeness (QED) is 0.670. The van der Waals surface area contributed by atoms with Crippen molar-refractivity contribution in [3.63, 3.8) is 0 Å². The van der Waals surface area contributed by atoms with E-state index < -0.39 is 0 Å². The van der Waals surface area contributed by atoms with Crippen LogP contribution in [0.3, 0.4) is 0 Å². The molecule has 64 valence electrons. The summed E-state index contributed by atoms with van der Waals surface area (Å²) in [6, 6.07) is 1.82. The Labute approximate surface area is 71.5 Å². The Bertz CT molecular complexity index is 250. The second-order valence-electron chi connectivity index (χ2n) is 1.66. The van der Waals surface area contributed by atoms with Crippen molar-refractivity contribution in [2.24, 2.45) is 0 Å². The molecule has 0 amide bonds. The monoisotopic (exact) mass is 165 g/mol. The predicted molar refractivity (Wildman–Crippen MR) is 44.0 cm³/mol. The molecule has 0 spiro atoms. The van der Waals surface area contributed by atoms with Gasteiger partial charge in [0, 0.05) is 0 Å². The highest BCUT2D eigenvalue weighted by Crippen LogP contribution is 1.92. The molecule has 0 radical (unpaired) electrons. The topological polar surface area (TPSA) is 69.8 Å². The third kappa shape index (κ3) is 3.08. The Balaban J connectivity index is 0.000000561. The molecule has 0 aliphatic rings. The van der Waals surface area contributed by atoms with Gasteiger partial charge in [-0.15, -0.1) is 0 Å². The fraction of sp³-hybridized carbons (Fsp3) is 0.375. The summed E-state index contributed by atoms with van der Waals surface area (Å²) in [5, 5.41) is 16.8. The van der Waals surface area contributed by atoms with Crippen LogP contribution in [0.15, 0.2) is 12.4 Å². The van der Waals surface area contributed by atoms with Gasteiger partial charge in [0.05, 0.1) is 24.7 Å². The molecule has 12 heavy (non-hydrogen) atoms. The van der Waals surface area contributed by atoms with E-state index in [-0.39, 0.29) is 12.3 Å². The normalized spacial score (nSPS) is 7.83. The van der Waals surface area contributed by atoms with Crippen LogP contribution in [-0.4, -0.2) is 15.1 Å². The summed E-state index contributed by atoms with van der Waals surface area (Å²) in [4.78, 5) is 7.42. The molecule has 0 saturated carbocycles. The van der Waals surface area contributed by atoms with Crippen molar-refractivity contribution in [3.05, 3.63) is 23.8 Å². The molecule has 0 aliphatic heterocycles. The number of hydrogen-bond acceptors (Lipinski definition) is 4. The van der Waals surface area contributed by atoms with Gasteiger partial charge in [0.1, 0.15) is 6.07 Å². The molecule has 1 rings (SSSR count). The Morgan fingerprint density at radius 2 is 2.08 bits per heavy atom. The summed E-state index contributed by atoms with van der Waals surface area (Å²) >= 11 is 0. The van der Waals surface area contributed by atoms with Gasteiger partial charge in [-0.2, -0.15) is 5.26 Å². The molecule has 1 aromatic rings. The zero-order chi connectivity index (χ0) is 9.40. The highest BCUT2D eigenvalue weighted by Gasteiger charge is 1.92. The maximum Gasteiger partial charge on any atom is 0.158 e. The minimum Gasteiger partial charge on any atom is -0.390 e. The molecule has 0 aromatic carbocycles. The molecule has 0 saturated heterocycles. The molecular formula is C8H11N3O. The zero-order valence-corrected chi connectivity index (χ0v) is 7.15. The summed E-state index contributed by atoms with van der Waals surface area (Å²) < 4.78 is 0. The van der Waals surface area contributed by atoms with Crippen molar-refractivity contribution >= 4 is 0 Å². The van der Waals surface area contributed by atoms with Gasteiger partial charge in [-0.25, -0.2) is 4.98 Å². The second-order valence-corrected chi connectivity index (χ2v) is 1.66. The van der Waals surface area contributed by atoms with Crippen LogP contribution in [-0.2, 0) is 6.61 Å². The van der Waals surface area contributed by atoms with Crippen molar-refractivity contribution in [2.45, 2.75) is 20.5 Å². The predicted octanol–water partition coefficient (Wildman–Crippen LogP) is 0.867. The van der Waals surface area contributed by atoms with E-state index in [0.717, 1.165) is 0 Å². The Morgan fingerprint density at radius 3 is 2.42 bits per heavy atom. The van der Waals surface area contributed by atoms with E-state index in [1.807, 2.05) is 19.9 Å². The molecular weight excluding hydrogens is 154 g/mol. The first-order valence-electron chi connectivity index (χ1n) is 3.68. The Morgan fingerprint density at radius 1 is 1.42 bits per heavy atom. The summed E-state index contributed by atoms with van der Waals surface area (Å²) in [5.41, 5.74) is 0.733. The van der Waals surface area contributed by atoms with Crippen LogP contribution in [0, 0.1) is 11.3 Å². The fourth-order valence-electron chi connectivity index (χ4n) is 0.494. The van der Waals surface area contributed by atoms with Gasteiger partial charge in [0.25, 0.3) is 0 Å². The number of rotatable bonds is 1. The zero-order valence-electron chi connectivity index (χ0n) is 7.15. The third-order valence-corrected chi connectivity index (χ3v) is 0.982. The van der Waals surface area contributed by atoms with E-state index in [9.17, 15) is 0 Å². The van der Waals surface area contributed by atoms with E-state index in [1.165, 1.54) is 12.4 Å². The van der Waals surface area contributed by atoms with Crippen molar-refractivity contribution in [3.8, 4) is 6.07 Å². The number of nitriles is 1. The summed E-state index contributed by atoms with van der Waals surface area (Å²) in [5.74, 6) is 0. The summed E-state index contributed by atoms with van der Waals surface area (Å²) in [6.45, 7) is 3.86.